The molecule has 4 aromatic rings. The maximum Gasteiger partial charge on any atom is 0.258 e. The maximum absolute atomic E-state index is 5.62. The molecule has 0 aliphatic heterocycles. The van der Waals surface area contributed by atoms with Gasteiger partial charge < -0.3 is 9.84 Å². The van der Waals surface area contributed by atoms with Crippen molar-refractivity contribution in [1.82, 2.24) is 25.2 Å². The molecule has 0 saturated heterocycles. The molecule has 0 saturated carbocycles. The van der Waals surface area contributed by atoms with Crippen LogP contribution in [0.3, 0.4) is 0 Å². The van der Waals surface area contributed by atoms with Crippen LogP contribution in [-0.2, 0) is 6.42 Å². The number of nitrogens with one attached hydrogen (secondary N) is 1. The van der Waals surface area contributed by atoms with Crippen LogP contribution in [0, 0.1) is 0 Å². The minimum Gasteiger partial charge on any atom is -0.334 e. The number of fused-ring (bicyclic) bond motifs is 2. The zero-order valence-electron chi connectivity index (χ0n) is 16.3. The maximum atomic E-state index is 5.62. The molecule has 6 nitrogen and oxygen atoms in total. The summed E-state index contributed by atoms with van der Waals surface area (Å²) >= 11 is 0. The zero-order chi connectivity index (χ0) is 19.3. The van der Waals surface area contributed by atoms with Gasteiger partial charge in [-0.05, 0) is 63.1 Å². The van der Waals surface area contributed by atoms with Crippen LogP contribution in [0.15, 0.2) is 47.1 Å². The third kappa shape index (κ3) is 2.64. The van der Waals surface area contributed by atoms with E-state index in [1.165, 1.54) is 11.1 Å². The SMILES string of the molecule is CNC1CCc2c(-c3noc(-c4ccc5c(cnn5C(C)C)c4)n3)cccc21. The molecule has 0 fully saturated rings. The molecule has 6 heteroatoms. The van der Waals surface area contributed by atoms with Crippen molar-refractivity contribution in [3.05, 3.63) is 53.7 Å². The molecule has 0 spiro atoms. The Morgan fingerprint density at radius 3 is 2.93 bits per heavy atom. The largest absolute Gasteiger partial charge is 0.334 e. The van der Waals surface area contributed by atoms with Crippen LogP contribution in [0.25, 0.3) is 33.7 Å². The van der Waals surface area contributed by atoms with E-state index in [2.05, 4.69) is 59.8 Å². The Labute approximate surface area is 163 Å². The fraction of sp³-hybridized carbons (Fsp3) is 0.318. The lowest BCUT2D eigenvalue weighted by Crippen LogP contribution is -2.12. The average molecular weight is 373 g/mol. The van der Waals surface area contributed by atoms with Crippen LogP contribution < -0.4 is 5.32 Å². The molecule has 1 aliphatic carbocycles. The highest BCUT2D eigenvalue weighted by Gasteiger charge is 2.25. The Hall–Kier alpha value is -2.99. The second kappa shape index (κ2) is 6.56. The van der Waals surface area contributed by atoms with Gasteiger partial charge in [-0.25, -0.2) is 0 Å². The van der Waals surface area contributed by atoms with Crippen molar-refractivity contribution in [1.29, 1.82) is 0 Å². The van der Waals surface area contributed by atoms with Gasteiger partial charge in [0.15, 0.2) is 0 Å². The van der Waals surface area contributed by atoms with Gasteiger partial charge in [-0.15, -0.1) is 0 Å². The van der Waals surface area contributed by atoms with E-state index in [9.17, 15) is 0 Å². The van der Waals surface area contributed by atoms with E-state index in [4.69, 9.17) is 9.51 Å². The van der Waals surface area contributed by atoms with Crippen molar-refractivity contribution in [2.75, 3.05) is 7.05 Å². The van der Waals surface area contributed by atoms with E-state index in [1.54, 1.807) is 0 Å². The summed E-state index contributed by atoms with van der Waals surface area (Å²) in [5, 5.41) is 13.2. The molecule has 0 radical (unpaired) electrons. The van der Waals surface area contributed by atoms with Gasteiger partial charge >= 0.3 is 0 Å². The second-order valence-corrected chi connectivity index (χ2v) is 7.63. The fourth-order valence-corrected chi connectivity index (χ4v) is 4.21. The van der Waals surface area contributed by atoms with E-state index in [0.29, 0.717) is 23.8 Å². The molecule has 1 atom stereocenters. The second-order valence-electron chi connectivity index (χ2n) is 7.63. The fourth-order valence-electron chi connectivity index (χ4n) is 4.21. The topological polar surface area (TPSA) is 68.8 Å². The van der Waals surface area contributed by atoms with Gasteiger partial charge in [-0.3, -0.25) is 4.68 Å². The highest BCUT2D eigenvalue weighted by atomic mass is 16.5. The van der Waals surface area contributed by atoms with Crippen molar-refractivity contribution < 1.29 is 4.52 Å². The summed E-state index contributed by atoms with van der Waals surface area (Å²) in [6, 6.07) is 13.2. The number of hydrogen-bond acceptors (Lipinski definition) is 5. The standard InChI is InChI=1S/C22H23N5O/c1-13(2)27-20-10-7-14(11-15(20)12-24-27)22-25-21(26-28-22)18-6-4-5-17-16(18)8-9-19(17)23-3/h4-7,10-13,19,23H,8-9H2,1-3H3. The summed E-state index contributed by atoms with van der Waals surface area (Å²) in [5.74, 6) is 1.19. The minimum absolute atomic E-state index is 0.319. The van der Waals surface area contributed by atoms with Crippen LogP contribution >= 0.6 is 0 Å². The van der Waals surface area contributed by atoms with Gasteiger partial charge in [0.1, 0.15) is 0 Å². The predicted octanol–water partition coefficient (Wildman–Crippen LogP) is 4.54. The lowest BCUT2D eigenvalue weighted by Gasteiger charge is -2.10. The molecular formula is C22H23N5O. The highest BCUT2D eigenvalue weighted by molar-refractivity contribution is 5.83. The van der Waals surface area contributed by atoms with Crippen molar-refractivity contribution in [3.63, 3.8) is 0 Å². The quantitative estimate of drug-likeness (QED) is 0.569. The lowest BCUT2D eigenvalue weighted by molar-refractivity contribution is 0.432. The molecule has 142 valence electrons. The summed E-state index contributed by atoms with van der Waals surface area (Å²) in [4.78, 5) is 4.70. The first-order chi connectivity index (χ1) is 13.7. The van der Waals surface area contributed by atoms with E-state index in [1.807, 2.05) is 24.0 Å². The molecular weight excluding hydrogens is 350 g/mol. The highest BCUT2D eigenvalue weighted by Crippen LogP contribution is 2.37. The van der Waals surface area contributed by atoms with Gasteiger partial charge in [-0.2, -0.15) is 10.1 Å². The first-order valence-corrected chi connectivity index (χ1v) is 9.76. The Kier molecular flexibility index (Phi) is 4.02. The van der Waals surface area contributed by atoms with E-state index in [0.717, 1.165) is 34.9 Å². The molecule has 1 aliphatic rings. The normalized spacial score (nSPS) is 16.2. The predicted molar refractivity (Wildman–Crippen MR) is 109 cm³/mol. The van der Waals surface area contributed by atoms with Crippen LogP contribution in [0.1, 0.15) is 43.5 Å². The van der Waals surface area contributed by atoms with Crippen molar-refractivity contribution in [2.45, 2.75) is 38.8 Å². The summed E-state index contributed by atoms with van der Waals surface area (Å²) in [6.45, 7) is 4.25. The summed E-state index contributed by atoms with van der Waals surface area (Å²) in [7, 11) is 2.01. The number of nitrogens with zero attached hydrogens (tertiary/aromatic N) is 4. The number of benzene rings is 2. The van der Waals surface area contributed by atoms with Crippen molar-refractivity contribution in [2.24, 2.45) is 0 Å². The van der Waals surface area contributed by atoms with Gasteiger partial charge in [0.25, 0.3) is 5.89 Å². The monoisotopic (exact) mass is 373 g/mol. The molecule has 2 heterocycles. The van der Waals surface area contributed by atoms with Gasteiger partial charge in [0.2, 0.25) is 5.82 Å². The van der Waals surface area contributed by atoms with Gasteiger partial charge in [0.05, 0.1) is 11.7 Å². The first-order valence-electron chi connectivity index (χ1n) is 9.76. The summed E-state index contributed by atoms with van der Waals surface area (Å²) in [5.41, 5.74) is 5.75. The zero-order valence-corrected chi connectivity index (χ0v) is 16.3. The molecule has 0 amide bonds. The third-order valence-electron chi connectivity index (χ3n) is 5.62. The summed E-state index contributed by atoms with van der Waals surface area (Å²) < 4.78 is 7.63. The molecule has 28 heavy (non-hydrogen) atoms. The lowest BCUT2D eigenvalue weighted by atomic mass is 10.0. The van der Waals surface area contributed by atoms with Gasteiger partial charge in [-0.1, -0.05) is 23.4 Å². The average Bonchev–Trinajstić information content (AvgIpc) is 3.44. The molecule has 1 unspecified atom stereocenters. The van der Waals surface area contributed by atoms with Crippen LogP contribution in [0.5, 0.6) is 0 Å². The number of rotatable bonds is 4. The number of hydrogen-bond donors (Lipinski definition) is 1. The van der Waals surface area contributed by atoms with E-state index < -0.39 is 0 Å². The van der Waals surface area contributed by atoms with Crippen molar-refractivity contribution >= 4 is 10.9 Å². The summed E-state index contributed by atoms with van der Waals surface area (Å²) in [6.07, 6.45) is 4.02. The molecule has 0 bridgehead atoms. The Morgan fingerprint density at radius 1 is 1.21 bits per heavy atom. The number of aromatic nitrogens is 4. The molecule has 5 rings (SSSR count). The van der Waals surface area contributed by atoms with Crippen LogP contribution in [-0.4, -0.2) is 27.0 Å². The Morgan fingerprint density at radius 2 is 2.11 bits per heavy atom. The van der Waals surface area contributed by atoms with Crippen molar-refractivity contribution in [3.8, 4) is 22.8 Å². The van der Waals surface area contributed by atoms with E-state index in [-0.39, 0.29) is 0 Å². The first kappa shape index (κ1) is 17.1. The Bertz CT molecular complexity index is 1160. The molecule has 1 N–H and O–H groups in total. The van der Waals surface area contributed by atoms with Gasteiger partial charge in [0, 0.05) is 28.6 Å². The van der Waals surface area contributed by atoms with Crippen LogP contribution in [0.2, 0.25) is 0 Å². The Balaban J connectivity index is 1.53. The van der Waals surface area contributed by atoms with Crippen LogP contribution in [0.4, 0.5) is 0 Å². The van der Waals surface area contributed by atoms with E-state index >= 15 is 0 Å². The smallest absolute Gasteiger partial charge is 0.258 e. The minimum atomic E-state index is 0.319. The third-order valence-corrected chi connectivity index (χ3v) is 5.62. The molecule has 2 aromatic heterocycles. The molecule has 2 aromatic carbocycles.